The van der Waals surface area contributed by atoms with Gasteiger partial charge in [-0.05, 0) is 111 Å². The molecular formula is C38H56N2. The van der Waals surface area contributed by atoms with Gasteiger partial charge in [0.1, 0.15) is 0 Å². The summed E-state index contributed by atoms with van der Waals surface area (Å²) in [7, 11) is 0. The zero-order valence-electron chi connectivity index (χ0n) is 26.2. The zero-order chi connectivity index (χ0) is 28.9. The molecule has 1 fully saturated rings. The van der Waals surface area contributed by atoms with Crippen molar-refractivity contribution in [1.82, 2.24) is 9.97 Å². The molecule has 0 saturated heterocycles. The largest absolute Gasteiger partial charge is 0.361 e. The summed E-state index contributed by atoms with van der Waals surface area (Å²) in [6.45, 7) is 14.9. The molecule has 0 bridgehead atoms. The predicted molar refractivity (Wildman–Crippen MR) is 181 cm³/mol. The maximum atomic E-state index is 5.01. The molecule has 1 saturated carbocycles. The Hall–Kier alpha value is -3.13. The molecule has 2 aromatic carbocycles. The summed E-state index contributed by atoms with van der Waals surface area (Å²) in [6.07, 6.45) is 16.5. The molecule has 0 unspecified atom stereocenters. The highest BCUT2D eigenvalue weighted by molar-refractivity contribution is 5.84. The van der Waals surface area contributed by atoms with Gasteiger partial charge >= 0.3 is 0 Å². The van der Waals surface area contributed by atoms with Crippen LogP contribution in [0.25, 0.3) is 17.0 Å². The number of aromatic nitrogens is 2. The first-order valence-electron chi connectivity index (χ1n) is 15.7. The fourth-order valence-electron chi connectivity index (χ4n) is 5.74. The minimum atomic E-state index is 0. The lowest BCUT2D eigenvalue weighted by atomic mass is 9.86. The molecule has 1 aliphatic carbocycles. The molecule has 218 valence electrons. The highest BCUT2D eigenvalue weighted by Crippen LogP contribution is 2.31. The number of hydrogen-bond acceptors (Lipinski definition) is 1. The lowest BCUT2D eigenvalue weighted by Crippen LogP contribution is -2.07. The Morgan fingerprint density at radius 2 is 1.62 bits per heavy atom. The van der Waals surface area contributed by atoms with Gasteiger partial charge in [0.05, 0.1) is 0 Å². The van der Waals surface area contributed by atoms with Crippen LogP contribution in [0.4, 0.5) is 0 Å². The smallest absolute Gasteiger partial charge is 0.0456 e. The van der Waals surface area contributed by atoms with Crippen LogP contribution in [-0.2, 0) is 12.8 Å². The van der Waals surface area contributed by atoms with E-state index in [1.807, 2.05) is 20.8 Å². The molecule has 1 N–H and O–H groups in total. The SMILES string of the molecule is C/C=C\c1c(C)cccc1C.CC.CC(C)c1ccc2[nH]cc(CCCc3cccc(C4CCCCC4)n3)c2c1.[HH].[HH]. The van der Waals surface area contributed by atoms with Gasteiger partial charge in [-0.3, -0.25) is 4.98 Å². The van der Waals surface area contributed by atoms with E-state index < -0.39 is 0 Å². The van der Waals surface area contributed by atoms with Crippen molar-refractivity contribution in [2.75, 3.05) is 0 Å². The van der Waals surface area contributed by atoms with Crippen molar-refractivity contribution in [3.8, 4) is 0 Å². The number of rotatable bonds is 7. The van der Waals surface area contributed by atoms with E-state index in [9.17, 15) is 0 Å². The Morgan fingerprint density at radius 1 is 0.925 bits per heavy atom. The van der Waals surface area contributed by atoms with Crippen LogP contribution in [0.15, 0.2) is 66.9 Å². The number of nitrogens with zero attached hydrogens (tertiary/aromatic N) is 1. The van der Waals surface area contributed by atoms with Crippen molar-refractivity contribution in [3.63, 3.8) is 0 Å². The van der Waals surface area contributed by atoms with Crippen molar-refractivity contribution in [3.05, 3.63) is 106 Å². The van der Waals surface area contributed by atoms with Crippen molar-refractivity contribution < 1.29 is 2.85 Å². The molecule has 1 aliphatic rings. The molecule has 4 aromatic rings. The summed E-state index contributed by atoms with van der Waals surface area (Å²) in [5, 5.41) is 1.39. The molecule has 0 spiro atoms. The summed E-state index contributed by atoms with van der Waals surface area (Å²) in [6, 6.07) is 19.9. The second-order valence-corrected chi connectivity index (χ2v) is 11.3. The van der Waals surface area contributed by atoms with E-state index in [2.05, 4.69) is 106 Å². The molecule has 40 heavy (non-hydrogen) atoms. The third kappa shape index (κ3) is 8.68. The van der Waals surface area contributed by atoms with Crippen molar-refractivity contribution >= 4 is 17.0 Å². The molecule has 2 aromatic heterocycles. The van der Waals surface area contributed by atoms with Crippen LogP contribution in [0.2, 0.25) is 0 Å². The number of fused-ring (bicyclic) bond motifs is 1. The van der Waals surface area contributed by atoms with E-state index in [1.54, 1.807) is 0 Å². The standard InChI is InChI=1S/C25H32N2.C11H14.C2H6.2H2/c1-18(2)20-14-15-25-23(16-20)21(17-26-25)10-6-11-22-12-7-13-24(27-22)19-8-4-3-5-9-19;1-4-6-11-9(2)7-5-8-10(11)3;1-2;;/h7,12-19,26H,3-6,8-11H2,1-2H3;4-8H,1-3H3;1-2H3;2*1H/b;6-4-;;;. The Balaban J connectivity index is 0.000000500. The van der Waals surface area contributed by atoms with Gasteiger partial charge in [0, 0.05) is 37.3 Å². The number of aromatic amines is 1. The number of allylic oxidation sites excluding steroid dienone is 1. The number of pyridine rings is 1. The number of nitrogens with one attached hydrogen (secondary N) is 1. The molecule has 0 atom stereocenters. The number of hydrogen-bond donors (Lipinski definition) is 1. The van der Waals surface area contributed by atoms with E-state index in [0.717, 1.165) is 19.3 Å². The molecule has 0 aliphatic heterocycles. The minimum Gasteiger partial charge on any atom is -0.361 e. The second-order valence-electron chi connectivity index (χ2n) is 11.3. The van der Waals surface area contributed by atoms with Gasteiger partial charge < -0.3 is 4.98 Å². The Kier molecular flexibility index (Phi) is 12.7. The van der Waals surface area contributed by atoms with E-state index in [1.165, 1.54) is 82.2 Å². The van der Waals surface area contributed by atoms with Crippen molar-refractivity contribution in [2.45, 2.75) is 112 Å². The van der Waals surface area contributed by atoms with Crippen molar-refractivity contribution in [2.24, 2.45) is 0 Å². The predicted octanol–water partition coefficient (Wildman–Crippen LogP) is 11.8. The third-order valence-electron chi connectivity index (χ3n) is 8.06. The van der Waals surface area contributed by atoms with Crippen LogP contribution < -0.4 is 0 Å². The highest BCUT2D eigenvalue weighted by Gasteiger charge is 2.16. The first-order chi connectivity index (χ1) is 19.5. The number of aryl methyl sites for hydroxylation is 4. The van der Waals surface area contributed by atoms with Gasteiger partial charge in [0.2, 0.25) is 0 Å². The summed E-state index contributed by atoms with van der Waals surface area (Å²) in [5.74, 6) is 1.27. The molecular weight excluding hydrogens is 484 g/mol. The summed E-state index contributed by atoms with van der Waals surface area (Å²) >= 11 is 0. The number of benzene rings is 2. The lowest BCUT2D eigenvalue weighted by molar-refractivity contribution is 0.436. The van der Waals surface area contributed by atoms with Crippen molar-refractivity contribution in [1.29, 1.82) is 0 Å². The lowest BCUT2D eigenvalue weighted by Gasteiger charge is -2.21. The zero-order valence-corrected chi connectivity index (χ0v) is 26.2. The van der Waals surface area contributed by atoms with Gasteiger partial charge in [-0.15, -0.1) is 0 Å². The Bertz CT molecular complexity index is 1330. The van der Waals surface area contributed by atoms with Crippen LogP contribution in [-0.4, -0.2) is 9.97 Å². The first kappa shape index (κ1) is 31.4. The molecule has 5 rings (SSSR count). The Morgan fingerprint density at radius 3 is 2.30 bits per heavy atom. The van der Waals surface area contributed by atoms with Crippen LogP contribution in [0.1, 0.15) is 127 Å². The Labute approximate surface area is 247 Å². The topological polar surface area (TPSA) is 28.7 Å². The summed E-state index contributed by atoms with van der Waals surface area (Å²) in [5.41, 5.74) is 10.8. The average molecular weight is 541 g/mol. The monoisotopic (exact) mass is 540 g/mol. The molecule has 2 heterocycles. The molecule has 2 nitrogen and oxygen atoms in total. The van der Waals surface area contributed by atoms with Gasteiger partial charge in [0.25, 0.3) is 0 Å². The van der Waals surface area contributed by atoms with Crippen LogP contribution >= 0.6 is 0 Å². The van der Waals surface area contributed by atoms with Gasteiger partial charge in [-0.25, -0.2) is 0 Å². The number of H-pyrrole nitrogens is 1. The first-order valence-corrected chi connectivity index (χ1v) is 15.7. The quantitative estimate of drug-likeness (QED) is 0.248. The van der Waals surface area contributed by atoms with Crippen LogP contribution in [0, 0.1) is 13.8 Å². The summed E-state index contributed by atoms with van der Waals surface area (Å²) in [4.78, 5) is 8.45. The minimum absolute atomic E-state index is 0. The molecule has 0 radical (unpaired) electrons. The summed E-state index contributed by atoms with van der Waals surface area (Å²) < 4.78 is 0. The van der Waals surface area contributed by atoms with Gasteiger partial charge in [-0.1, -0.05) is 89.4 Å². The van der Waals surface area contributed by atoms with Gasteiger partial charge in [0.15, 0.2) is 0 Å². The van der Waals surface area contributed by atoms with Gasteiger partial charge in [-0.2, -0.15) is 0 Å². The average Bonchev–Trinajstić information content (AvgIpc) is 3.39. The second kappa shape index (κ2) is 16.2. The van der Waals surface area contributed by atoms with E-state index in [0.29, 0.717) is 11.8 Å². The maximum Gasteiger partial charge on any atom is 0.0456 e. The van der Waals surface area contributed by atoms with E-state index in [-0.39, 0.29) is 2.85 Å². The highest BCUT2D eigenvalue weighted by atomic mass is 14.7. The molecule has 2 heteroatoms. The third-order valence-corrected chi connectivity index (χ3v) is 8.06. The molecule has 0 amide bonds. The normalized spacial score (nSPS) is 13.7. The maximum absolute atomic E-state index is 5.01. The van der Waals surface area contributed by atoms with E-state index >= 15 is 0 Å². The fourth-order valence-corrected chi connectivity index (χ4v) is 5.74. The van der Waals surface area contributed by atoms with E-state index in [4.69, 9.17) is 4.98 Å². The fraction of sp³-hybridized carbons (Fsp3) is 0.447. The van der Waals surface area contributed by atoms with Crippen LogP contribution in [0.3, 0.4) is 0 Å². The van der Waals surface area contributed by atoms with Crippen LogP contribution in [0.5, 0.6) is 0 Å².